The molecule has 0 aliphatic rings. The number of carbonyl (C=O) groups excluding carboxylic acids is 1. The topological polar surface area (TPSA) is 105 Å². The summed E-state index contributed by atoms with van der Waals surface area (Å²) in [6, 6.07) is 15.9. The summed E-state index contributed by atoms with van der Waals surface area (Å²) >= 11 is 0. The van der Waals surface area contributed by atoms with Gasteiger partial charge >= 0.3 is 0 Å². The lowest BCUT2D eigenvalue weighted by Gasteiger charge is -2.12. The van der Waals surface area contributed by atoms with E-state index in [1.165, 1.54) is 4.57 Å². The van der Waals surface area contributed by atoms with E-state index < -0.39 is 0 Å². The van der Waals surface area contributed by atoms with E-state index in [0.29, 0.717) is 29.0 Å². The molecule has 8 heteroatoms. The van der Waals surface area contributed by atoms with Crippen molar-refractivity contribution < 1.29 is 4.79 Å². The highest BCUT2D eigenvalue weighted by Crippen LogP contribution is 2.16. The highest BCUT2D eigenvalue weighted by atomic mass is 16.2. The molecule has 4 rings (SSSR count). The normalized spacial score (nSPS) is 10.9. The van der Waals surface area contributed by atoms with Crippen molar-refractivity contribution in [3.05, 3.63) is 70.3 Å². The number of hydrogen-bond acceptors (Lipinski definition) is 5. The van der Waals surface area contributed by atoms with Gasteiger partial charge in [0.25, 0.3) is 5.56 Å². The first-order valence-electron chi connectivity index (χ1n) is 8.78. The molecule has 0 saturated carbocycles. The van der Waals surface area contributed by atoms with Crippen LogP contribution in [0, 0.1) is 11.3 Å². The van der Waals surface area contributed by atoms with Crippen LogP contribution in [0.15, 0.2) is 53.3 Å². The van der Waals surface area contributed by atoms with Crippen LogP contribution >= 0.6 is 0 Å². The van der Waals surface area contributed by atoms with Gasteiger partial charge in [0.2, 0.25) is 11.6 Å². The van der Waals surface area contributed by atoms with Crippen LogP contribution in [0.4, 0.5) is 5.69 Å². The van der Waals surface area contributed by atoms with Crippen LogP contribution < -0.4 is 10.9 Å². The second-order valence-corrected chi connectivity index (χ2v) is 6.25. The number of benzene rings is 2. The van der Waals surface area contributed by atoms with E-state index in [0.717, 1.165) is 5.52 Å². The SMILES string of the molecule is CCc1nnc2c(=O)n(CC(=O)Nc3ccc(C#N)cc3)c3ccccc3n12. The summed E-state index contributed by atoms with van der Waals surface area (Å²) < 4.78 is 3.14. The number of para-hydroxylation sites is 2. The van der Waals surface area contributed by atoms with Gasteiger partial charge in [0.15, 0.2) is 0 Å². The molecule has 4 aromatic rings. The molecule has 0 atom stereocenters. The molecule has 0 spiro atoms. The Morgan fingerprint density at radius 1 is 1.11 bits per heavy atom. The predicted octanol–water partition coefficient (Wildman–Crippen LogP) is 2.12. The number of rotatable bonds is 4. The Kier molecular flexibility index (Phi) is 4.33. The number of nitrogens with one attached hydrogen (secondary N) is 1. The second-order valence-electron chi connectivity index (χ2n) is 6.25. The van der Waals surface area contributed by atoms with Crippen molar-refractivity contribution in [2.24, 2.45) is 0 Å². The molecule has 138 valence electrons. The molecule has 0 aliphatic heterocycles. The summed E-state index contributed by atoms with van der Waals surface area (Å²) in [7, 11) is 0. The minimum atomic E-state index is -0.374. The Labute approximate surface area is 159 Å². The largest absolute Gasteiger partial charge is 0.325 e. The summed E-state index contributed by atoms with van der Waals surface area (Å²) in [5, 5.41) is 19.7. The smallest absolute Gasteiger partial charge is 0.297 e. The molecule has 1 amide bonds. The van der Waals surface area contributed by atoms with E-state index in [-0.39, 0.29) is 23.7 Å². The zero-order chi connectivity index (χ0) is 19.7. The van der Waals surface area contributed by atoms with Crippen molar-refractivity contribution in [2.45, 2.75) is 19.9 Å². The Morgan fingerprint density at radius 2 is 1.82 bits per heavy atom. The lowest BCUT2D eigenvalue weighted by atomic mass is 10.2. The zero-order valence-electron chi connectivity index (χ0n) is 15.1. The molecule has 0 bridgehead atoms. The molecular weight excluding hydrogens is 356 g/mol. The second kappa shape index (κ2) is 6.96. The van der Waals surface area contributed by atoms with Crippen molar-refractivity contribution in [3.63, 3.8) is 0 Å². The molecule has 0 saturated heterocycles. The first-order valence-corrected chi connectivity index (χ1v) is 8.78. The summed E-state index contributed by atoms with van der Waals surface area (Å²) in [5.74, 6) is 0.342. The summed E-state index contributed by atoms with van der Waals surface area (Å²) in [4.78, 5) is 25.5. The Balaban J connectivity index is 1.75. The fourth-order valence-electron chi connectivity index (χ4n) is 3.18. The molecule has 2 aromatic heterocycles. The van der Waals surface area contributed by atoms with E-state index >= 15 is 0 Å². The molecule has 1 N–H and O–H groups in total. The number of nitrogens with zero attached hydrogens (tertiary/aromatic N) is 5. The third kappa shape index (κ3) is 2.89. The molecule has 28 heavy (non-hydrogen) atoms. The van der Waals surface area contributed by atoms with E-state index in [9.17, 15) is 9.59 Å². The van der Waals surface area contributed by atoms with Gasteiger partial charge in [-0.3, -0.25) is 18.6 Å². The summed E-state index contributed by atoms with van der Waals surface area (Å²) in [6.45, 7) is 1.78. The number of aromatic nitrogens is 4. The Hall–Kier alpha value is -3.99. The standard InChI is InChI=1S/C20H16N6O2/c1-2-17-23-24-19-20(28)25(15-5-3-4-6-16(15)26(17)19)12-18(27)22-14-9-7-13(11-21)8-10-14/h3-10H,2,12H2,1H3,(H,22,27). The molecule has 8 nitrogen and oxygen atoms in total. The average Bonchev–Trinajstić information content (AvgIpc) is 3.16. The van der Waals surface area contributed by atoms with Gasteiger partial charge in [0, 0.05) is 12.1 Å². The summed E-state index contributed by atoms with van der Waals surface area (Å²) in [5.41, 5.74) is 2.28. The van der Waals surface area contributed by atoms with Gasteiger partial charge in [-0.1, -0.05) is 19.1 Å². The summed E-state index contributed by atoms with van der Waals surface area (Å²) in [6.07, 6.45) is 0.633. The molecular formula is C20H16N6O2. The molecule has 2 aromatic carbocycles. The van der Waals surface area contributed by atoms with Crippen LogP contribution in [-0.2, 0) is 17.8 Å². The quantitative estimate of drug-likeness (QED) is 0.591. The van der Waals surface area contributed by atoms with Gasteiger partial charge in [-0.2, -0.15) is 5.26 Å². The van der Waals surface area contributed by atoms with Gasteiger partial charge in [-0.15, -0.1) is 10.2 Å². The van der Waals surface area contributed by atoms with Gasteiger partial charge in [0.1, 0.15) is 12.4 Å². The molecule has 0 unspecified atom stereocenters. The highest BCUT2D eigenvalue weighted by molar-refractivity contribution is 5.91. The van der Waals surface area contributed by atoms with E-state index in [1.807, 2.05) is 31.2 Å². The van der Waals surface area contributed by atoms with Crippen LogP contribution in [0.1, 0.15) is 18.3 Å². The zero-order valence-corrected chi connectivity index (χ0v) is 15.1. The van der Waals surface area contributed by atoms with Crippen LogP contribution in [-0.4, -0.2) is 25.1 Å². The van der Waals surface area contributed by atoms with E-state index in [4.69, 9.17) is 5.26 Å². The maximum absolute atomic E-state index is 13.0. The van der Waals surface area contributed by atoms with Crippen molar-refractivity contribution in [1.29, 1.82) is 5.26 Å². The molecule has 0 radical (unpaired) electrons. The highest BCUT2D eigenvalue weighted by Gasteiger charge is 2.17. The number of nitriles is 1. The van der Waals surface area contributed by atoms with Gasteiger partial charge < -0.3 is 5.32 Å². The number of hydrogen-bond donors (Lipinski definition) is 1. The van der Waals surface area contributed by atoms with Crippen LogP contribution in [0.5, 0.6) is 0 Å². The minimum Gasteiger partial charge on any atom is -0.325 e. The first-order chi connectivity index (χ1) is 13.6. The van der Waals surface area contributed by atoms with Crippen molar-refractivity contribution >= 4 is 28.3 Å². The average molecular weight is 372 g/mol. The van der Waals surface area contributed by atoms with Crippen LogP contribution in [0.3, 0.4) is 0 Å². The predicted molar refractivity (Wildman–Crippen MR) is 104 cm³/mol. The van der Waals surface area contributed by atoms with Crippen LogP contribution in [0.25, 0.3) is 16.7 Å². The van der Waals surface area contributed by atoms with Crippen molar-refractivity contribution in [3.8, 4) is 6.07 Å². The lowest BCUT2D eigenvalue weighted by Crippen LogP contribution is -2.29. The first kappa shape index (κ1) is 17.4. The molecule has 0 fully saturated rings. The third-order valence-electron chi connectivity index (χ3n) is 4.50. The monoisotopic (exact) mass is 372 g/mol. The van der Waals surface area contributed by atoms with Gasteiger partial charge in [-0.25, -0.2) is 0 Å². The lowest BCUT2D eigenvalue weighted by molar-refractivity contribution is -0.116. The minimum absolute atomic E-state index is 0.163. The maximum Gasteiger partial charge on any atom is 0.297 e. The molecule has 0 aliphatic carbocycles. The maximum atomic E-state index is 13.0. The number of fused-ring (bicyclic) bond motifs is 3. The fraction of sp³-hybridized carbons (Fsp3) is 0.150. The Morgan fingerprint density at radius 3 is 2.50 bits per heavy atom. The number of anilines is 1. The number of amides is 1. The van der Waals surface area contributed by atoms with Gasteiger partial charge in [0.05, 0.1) is 22.7 Å². The fourth-order valence-corrected chi connectivity index (χ4v) is 3.18. The Bertz CT molecular complexity index is 1290. The van der Waals surface area contributed by atoms with E-state index in [1.54, 1.807) is 34.7 Å². The van der Waals surface area contributed by atoms with Crippen molar-refractivity contribution in [1.82, 2.24) is 19.2 Å². The third-order valence-corrected chi connectivity index (χ3v) is 4.50. The number of carbonyl (C=O) groups is 1. The van der Waals surface area contributed by atoms with Gasteiger partial charge in [-0.05, 0) is 36.4 Å². The van der Waals surface area contributed by atoms with Crippen molar-refractivity contribution in [2.75, 3.05) is 5.32 Å². The molecule has 2 heterocycles. The van der Waals surface area contributed by atoms with Crippen LogP contribution in [0.2, 0.25) is 0 Å². The van der Waals surface area contributed by atoms with E-state index in [2.05, 4.69) is 15.5 Å². The number of aryl methyl sites for hydroxylation is 1.